The molecule has 1 aromatic heterocycles. The topological polar surface area (TPSA) is 83.2 Å². The van der Waals surface area contributed by atoms with Crippen LogP contribution in [0.4, 0.5) is 0 Å². The first-order valence-electron chi connectivity index (χ1n) is 11.4. The molecule has 6 heteroatoms. The Bertz CT molecular complexity index is 1200. The maximum absolute atomic E-state index is 13.0. The van der Waals surface area contributed by atoms with Gasteiger partial charge in [0.25, 0.3) is 0 Å². The lowest BCUT2D eigenvalue weighted by Gasteiger charge is -2.18. The highest BCUT2D eigenvalue weighted by Crippen LogP contribution is 2.25. The zero-order chi connectivity index (χ0) is 23.8. The van der Waals surface area contributed by atoms with E-state index in [1.165, 1.54) is 0 Å². The van der Waals surface area contributed by atoms with E-state index in [2.05, 4.69) is 15.6 Å². The second-order valence-electron chi connectivity index (χ2n) is 8.12. The quantitative estimate of drug-likeness (QED) is 0.336. The van der Waals surface area contributed by atoms with Crippen LogP contribution in [0.25, 0.3) is 10.9 Å². The molecule has 34 heavy (non-hydrogen) atoms. The number of rotatable bonds is 10. The van der Waals surface area contributed by atoms with Crippen molar-refractivity contribution in [1.82, 2.24) is 15.6 Å². The minimum absolute atomic E-state index is 0.0854. The van der Waals surface area contributed by atoms with Gasteiger partial charge in [-0.05, 0) is 35.2 Å². The highest BCUT2D eigenvalue weighted by atomic mass is 16.5. The van der Waals surface area contributed by atoms with Crippen LogP contribution in [0, 0.1) is 0 Å². The van der Waals surface area contributed by atoms with Crippen molar-refractivity contribution < 1.29 is 14.3 Å². The van der Waals surface area contributed by atoms with Gasteiger partial charge in [0.2, 0.25) is 11.8 Å². The third kappa shape index (κ3) is 5.64. The van der Waals surface area contributed by atoms with Gasteiger partial charge >= 0.3 is 0 Å². The molecule has 4 aromatic rings. The van der Waals surface area contributed by atoms with Gasteiger partial charge in [-0.2, -0.15) is 0 Å². The standard InChI is InChI=1S/C28H29N3O3/c1-34-23-12-13-24-22(19-31-25(24)18-23)14-16-29-26(32)15-17-30-28(33)27(20-8-4-2-5-9-20)21-10-6-3-7-11-21/h2-13,18-19,27,31H,14-17H2,1H3,(H,29,32)(H,30,33). The van der Waals surface area contributed by atoms with E-state index in [0.29, 0.717) is 13.0 Å². The third-order valence-electron chi connectivity index (χ3n) is 5.87. The van der Waals surface area contributed by atoms with Crippen molar-refractivity contribution in [1.29, 1.82) is 0 Å². The fraction of sp³-hybridized carbons (Fsp3) is 0.214. The number of H-pyrrole nitrogens is 1. The predicted molar refractivity (Wildman–Crippen MR) is 134 cm³/mol. The summed E-state index contributed by atoms with van der Waals surface area (Å²) in [5.74, 6) is 0.196. The fourth-order valence-corrected chi connectivity index (χ4v) is 4.11. The highest BCUT2D eigenvalue weighted by molar-refractivity contribution is 5.88. The molecule has 0 spiro atoms. The number of methoxy groups -OCH3 is 1. The van der Waals surface area contributed by atoms with Crippen molar-refractivity contribution in [3.05, 3.63) is 102 Å². The Balaban J connectivity index is 1.26. The third-order valence-corrected chi connectivity index (χ3v) is 5.87. The van der Waals surface area contributed by atoms with Crippen molar-refractivity contribution in [3.8, 4) is 5.75 Å². The van der Waals surface area contributed by atoms with Crippen molar-refractivity contribution in [2.45, 2.75) is 18.8 Å². The van der Waals surface area contributed by atoms with E-state index in [4.69, 9.17) is 4.74 Å². The molecule has 3 aromatic carbocycles. The molecule has 0 saturated heterocycles. The average molecular weight is 456 g/mol. The van der Waals surface area contributed by atoms with Crippen LogP contribution in [0.1, 0.15) is 29.0 Å². The molecule has 4 rings (SSSR count). The average Bonchev–Trinajstić information content (AvgIpc) is 3.27. The summed E-state index contributed by atoms with van der Waals surface area (Å²) in [7, 11) is 1.65. The van der Waals surface area contributed by atoms with Crippen LogP contribution in [0.15, 0.2) is 85.1 Å². The summed E-state index contributed by atoms with van der Waals surface area (Å²) in [5, 5.41) is 7.00. The lowest BCUT2D eigenvalue weighted by Crippen LogP contribution is -2.34. The Morgan fingerprint density at radius 3 is 2.21 bits per heavy atom. The number of benzene rings is 3. The van der Waals surface area contributed by atoms with E-state index in [-0.39, 0.29) is 24.8 Å². The molecule has 0 bridgehead atoms. The van der Waals surface area contributed by atoms with Gasteiger partial charge in [-0.25, -0.2) is 0 Å². The lowest BCUT2D eigenvalue weighted by molar-refractivity contribution is -0.122. The second-order valence-corrected chi connectivity index (χ2v) is 8.12. The van der Waals surface area contributed by atoms with Gasteiger partial charge < -0.3 is 20.4 Å². The van der Waals surface area contributed by atoms with Crippen molar-refractivity contribution >= 4 is 22.7 Å². The SMILES string of the molecule is COc1ccc2c(CCNC(=O)CCNC(=O)C(c3ccccc3)c3ccccc3)c[nH]c2c1. The summed E-state index contributed by atoms with van der Waals surface area (Å²) < 4.78 is 5.26. The van der Waals surface area contributed by atoms with Gasteiger partial charge in [0.15, 0.2) is 0 Å². The summed E-state index contributed by atoms with van der Waals surface area (Å²) in [6.45, 7) is 0.816. The lowest BCUT2D eigenvalue weighted by atomic mass is 9.90. The number of aromatic nitrogens is 1. The zero-order valence-electron chi connectivity index (χ0n) is 19.2. The number of nitrogens with one attached hydrogen (secondary N) is 3. The first-order valence-corrected chi connectivity index (χ1v) is 11.4. The molecule has 6 nitrogen and oxygen atoms in total. The minimum Gasteiger partial charge on any atom is -0.497 e. The molecule has 0 saturated carbocycles. The monoisotopic (exact) mass is 455 g/mol. The molecule has 0 radical (unpaired) electrons. The first-order chi connectivity index (χ1) is 16.7. The largest absolute Gasteiger partial charge is 0.497 e. The Labute approximate surface area is 199 Å². The number of aromatic amines is 1. The maximum atomic E-state index is 13.0. The van der Waals surface area contributed by atoms with Crippen LogP contribution in [-0.4, -0.2) is 37.0 Å². The molecule has 0 aliphatic heterocycles. The van der Waals surface area contributed by atoms with E-state index < -0.39 is 5.92 Å². The second kappa shape index (κ2) is 11.2. The zero-order valence-corrected chi connectivity index (χ0v) is 19.2. The maximum Gasteiger partial charge on any atom is 0.232 e. The van der Waals surface area contributed by atoms with Gasteiger partial charge in [0, 0.05) is 42.7 Å². The molecule has 0 aliphatic carbocycles. The van der Waals surface area contributed by atoms with E-state index in [0.717, 1.165) is 33.3 Å². The Kier molecular flexibility index (Phi) is 7.60. The normalized spacial score (nSPS) is 10.9. The first kappa shape index (κ1) is 23.1. The number of ether oxygens (including phenoxy) is 1. The van der Waals surface area contributed by atoms with Crippen molar-refractivity contribution in [2.75, 3.05) is 20.2 Å². The van der Waals surface area contributed by atoms with E-state index in [9.17, 15) is 9.59 Å². The summed E-state index contributed by atoms with van der Waals surface area (Å²) >= 11 is 0. The number of carbonyl (C=O) groups excluding carboxylic acids is 2. The Morgan fingerprint density at radius 1 is 0.882 bits per heavy atom. The van der Waals surface area contributed by atoms with E-state index >= 15 is 0 Å². The molecule has 174 valence electrons. The van der Waals surface area contributed by atoms with Crippen LogP contribution in [0.2, 0.25) is 0 Å². The number of carbonyl (C=O) groups is 2. The molecule has 2 amide bonds. The van der Waals surface area contributed by atoms with Crippen LogP contribution in [0.5, 0.6) is 5.75 Å². The van der Waals surface area contributed by atoms with Gasteiger partial charge in [-0.1, -0.05) is 60.7 Å². The van der Waals surface area contributed by atoms with Crippen LogP contribution < -0.4 is 15.4 Å². The van der Waals surface area contributed by atoms with Gasteiger partial charge in [-0.3, -0.25) is 9.59 Å². The molecule has 0 unspecified atom stereocenters. The molecule has 0 atom stereocenters. The van der Waals surface area contributed by atoms with Crippen molar-refractivity contribution in [2.24, 2.45) is 0 Å². The molecule has 3 N–H and O–H groups in total. The van der Waals surface area contributed by atoms with E-state index in [1.807, 2.05) is 85.1 Å². The smallest absolute Gasteiger partial charge is 0.232 e. The van der Waals surface area contributed by atoms with Crippen LogP contribution in [0.3, 0.4) is 0 Å². The van der Waals surface area contributed by atoms with Gasteiger partial charge in [0.1, 0.15) is 5.75 Å². The minimum atomic E-state index is -0.411. The van der Waals surface area contributed by atoms with Crippen molar-refractivity contribution in [3.63, 3.8) is 0 Å². The predicted octanol–water partition coefficient (Wildman–Crippen LogP) is 4.17. The Hall–Kier alpha value is -4.06. The molecule has 0 aliphatic rings. The van der Waals surface area contributed by atoms with Crippen LogP contribution in [-0.2, 0) is 16.0 Å². The molecular weight excluding hydrogens is 426 g/mol. The number of amides is 2. The highest BCUT2D eigenvalue weighted by Gasteiger charge is 2.22. The number of fused-ring (bicyclic) bond motifs is 1. The number of hydrogen-bond acceptors (Lipinski definition) is 3. The van der Waals surface area contributed by atoms with Crippen LogP contribution >= 0.6 is 0 Å². The summed E-state index contributed by atoms with van der Waals surface area (Å²) in [5.41, 5.74) is 3.99. The molecule has 1 heterocycles. The Morgan fingerprint density at radius 2 is 1.56 bits per heavy atom. The summed E-state index contributed by atoms with van der Waals surface area (Å²) in [6.07, 6.45) is 2.91. The molecular formula is C28H29N3O3. The molecule has 0 fully saturated rings. The van der Waals surface area contributed by atoms with Gasteiger partial charge in [0.05, 0.1) is 13.0 Å². The summed E-state index contributed by atoms with van der Waals surface area (Å²) in [4.78, 5) is 28.6. The summed E-state index contributed by atoms with van der Waals surface area (Å²) in [6, 6.07) is 25.3. The van der Waals surface area contributed by atoms with E-state index in [1.54, 1.807) is 7.11 Å². The fourth-order valence-electron chi connectivity index (χ4n) is 4.11. The number of hydrogen-bond donors (Lipinski definition) is 3. The van der Waals surface area contributed by atoms with Gasteiger partial charge in [-0.15, -0.1) is 0 Å².